The van der Waals surface area contributed by atoms with Crippen molar-refractivity contribution in [3.05, 3.63) is 0 Å². The monoisotopic (exact) mass is 230 g/mol. The van der Waals surface area contributed by atoms with Gasteiger partial charge in [0.25, 0.3) is 0 Å². The standard InChI is InChI=1S/C12H26N2O2/c1-4-13-9-12(10-15-3)16-8-7-14(2)11-5-6-11/h11-13H,4-10H2,1-3H3. The number of hydrogen-bond acceptors (Lipinski definition) is 4. The molecule has 1 N–H and O–H groups in total. The van der Waals surface area contributed by atoms with Gasteiger partial charge in [-0.25, -0.2) is 0 Å². The van der Waals surface area contributed by atoms with E-state index in [0.29, 0.717) is 6.61 Å². The Kier molecular flexibility index (Phi) is 6.96. The second-order valence-corrected chi connectivity index (χ2v) is 4.47. The average molecular weight is 230 g/mol. The van der Waals surface area contributed by atoms with E-state index in [0.717, 1.165) is 32.3 Å². The first kappa shape index (κ1) is 13.9. The Labute approximate surface area is 99.3 Å². The van der Waals surface area contributed by atoms with Crippen LogP contribution in [0.25, 0.3) is 0 Å². The van der Waals surface area contributed by atoms with E-state index >= 15 is 0 Å². The molecule has 4 nitrogen and oxygen atoms in total. The maximum Gasteiger partial charge on any atom is 0.0932 e. The van der Waals surface area contributed by atoms with Gasteiger partial charge in [0.1, 0.15) is 0 Å². The second kappa shape index (κ2) is 8.01. The largest absolute Gasteiger partial charge is 0.382 e. The molecule has 1 fully saturated rings. The summed E-state index contributed by atoms with van der Waals surface area (Å²) in [5.41, 5.74) is 0. The van der Waals surface area contributed by atoms with Crippen molar-refractivity contribution in [1.29, 1.82) is 0 Å². The zero-order chi connectivity index (χ0) is 11.8. The average Bonchev–Trinajstić information content (AvgIpc) is 3.09. The zero-order valence-electron chi connectivity index (χ0n) is 10.9. The van der Waals surface area contributed by atoms with E-state index < -0.39 is 0 Å². The molecule has 0 radical (unpaired) electrons. The van der Waals surface area contributed by atoms with Crippen LogP contribution < -0.4 is 5.32 Å². The maximum atomic E-state index is 5.80. The first-order valence-electron chi connectivity index (χ1n) is 6.29. The number of ether oxygens (including phenoxy) is 2. The van der Waals surface area contributed by atoms with E-state index in [4.69, 9.17) is 9.47 Å². The lowest BCUT2D eigenvalue weighted by Gasteiger charge is -2.20. The SMILES string of the molecule is CCNCC(COC)OCCN(C)C1CC1. The topological polar surface area (TPSA) is 33.7 Å². The first-order valence-corrected chi connectivity index (χ1v) is 6.29. The van der Waals surface area contributed by atoms with Gasteiger partial charge in [-0.3, -0.25) is 0 Å². The summed E-state index contributed by atoms with van der Waals surface area (Å²) in [6.45, 7) is 6.44. The molecule has 1 aliphatic rings. The van der Waals surface area contributed by atoms with Crippen molar-refractivity contribution < 1.29 is 9.47 Å². The third-order valence-corrected chi connectivity index (χ3v) is 2.94. The molecule has 0 amide bonds. The Morgan fingerprint density at radius 3 is 2.75 bits per heavy atom. The van der Waals surface area contributed by atoms with E-state index in [1.807, 2.05) is 0 Å². The molecule has 0 aromatic carbocycles. The quantitative estimate of drug-likeness (QED) is 0.600. The molecule has 0 aromatic rings. The van der Waals surface area contributed by atoms with Gasteiger partial charge in [-0.05, 0) is 26.4 Å². The van der Waals surface area contributed by atoms with Crippen LogP contribution in [0.3, 0.4) is 0 Å². The molecule has 1 unspecified atom stereocenters. The maximum absolute atomic E-state index is 5.80. The van der Waals surface area contributed by atoms with Crippen LogP contribution >= 0.6 is 0 Å². The smallest absolute Gasteiger partial charge is 0.0932 e. The molecule has 1 rings (SSSR count). The molecule has 0 aliphatic heterocycles. The third-order valence-electron chi connectivity index (χ3n) is 2.94. The fourth-order valence-corrected chi connectivity index (χ4v) is 1.72. The summed E-state index contributed by atoms with van der Waals surface area (Å²) in [5.74, 6) is 0. The van der Waals surface area contributed by atoms with Crippen molar-refractivity contribution in [1.82, 2.24) is 10.2 Å². The van der Waals surface area contributed by atoms with Crippen LogP contribution in [0.2, 0.25) is 0 Å². The van der Waals surface area contributed by atoms with E-state index in [1.54, 1.807) is 7.11 Å². The van der Waals surface area contributed by atoms with Gasteiger partial charge in [0.15, 0.2) is 0 Å². The molecule has 0 bridgehead atoms. The minimum Gasteiger partial charge on any atom is -0.382 e. The van der Waals surface area contributed by atoms with Crippen LogP contribution in [0.15, 0.2) is 0 Å². The van der Waals surface area contributed by atoms with Gasteiger partial charge in [0.2, 0.25) is 0 Å². The lowest BCUT2D eigenvalue weighted by molar-refractivity contribution is -0.00736. The van der Waals surface area contributed by atoms with E-state index in [1.165, 1.54) is 12.8 Å². The number of nitrogens with zero attached hydrogens (tertiary/aromatic N) is 1. The van der Waals surface area contributed by atoms with Gasteiger partial charge in [-0.1, -0.05) is 6.92 Å². The highest BCUT2D eigenvalue weighted by Crippen LogP contribution is 2.24. The number of methoxy groups -OCH3 is 1. The highest BCUT2D eigenvalue weighted by Gasteiger charge is 2.25. The molecular weight excluding hydrogens is 204 g/mol. The van der Waals surface area contributed by atoms with Gasteiger partial charge in [-0.15, -0.1) is 0 Å². The Bertz CT molecular complexity index is 174. The van der Waals surface area contributed by atoms with Crippen molar-refractivity contribution >= 4 is 0 Å². The molecule has 0 saturated heterocycles. The number of likely N-dealkylation sites (N-methyl/N-ethyl adjacent to an activating group) is 2. The third kappa shape index (κ3) is 5.80. The highest BCUT2D eigenvalue weighted by molar-refractivity contribution is 4.82. The summed E-state index contributed by atoms with van der Waals surface area (Å²) in [7, 11) is 3.90. The lowest BCUT2D eigenvalue weighted by Crippen LogP contribution is -2.35. The molecule has 16 heavy (non-hydrogen) atoms. The molecule has 4 heteroatoms. The fraction of sp³-hybridized carbons (Fsp3) is 1.00. The molecular formula is C12H26N2O2. The van der Waals surface area contributed by atoms with Gasteiger partial charge in [-0.2, -0.15) is 0 Å². The minimum atomic E-state index is 0.178. The molecule has 0 aromatic heterocycles. The van der Waals surface area contributed by atoms with Crippen LogP contribution in [-0.2, 0) is 9.47 Å². The van der Waals surface area contributed by atoms with Gasteiger partial charge >= 0.3 is 0 Å². The Hall–Kier alpha value is -0.160. The van der Waals surface area contributed by atoms with E-state index in [2.05, 4.69) is 24.2 Å². The molecule has 1 atom stereocenters. The second-order valence-electron chi connectivity index (χ2n) is 4.47. The van der Waals surface area contributed by atoms with Crippen molar-refractivity contribution in [3.8, 4) is 0 Å². The van der Waals surface area contributed by atoms with Crippen LogP contribution in [0, 0.1) is 0 Å². The molecule has 0 heterocycles. The summed E-state index contributed by atoms with van der Waals surface area (Å²) >= 11 is 0. The van der Waals surface area contributed by atoms with Gasteiger partial charge < -0.3 is 19.7 Å². The van der Waals surface area contributed by atoms with Crippen molar-refractivity contribution in [3.63, 3.8) is 0 Å². The predicted molar refractivity (Wildman–Crippen MR) is 65.8 cm³/mol. The van der Waals surface area contributed by atoms with Gasteiger partial charge in [0, 0.05) is 26.2 Å². The molecule has 0 spiro atoms. The summed E-state index contributed by atoms with van der Waals surface area (Å²) in [6, 6.07) is 0.818. The lowest BCUT2D eigenvalue weighted by atomic mass is 10.3. The van der Waals surface area contributed by atoms with Crippen LogP contribution in [0.1, 0.15) is 19.8 Å². The Balaban J connectivity index is 2.05. The summed E-state index contributed by atoms with van der Waals surface area (Å²) in [6.07, 6.45) is 2.89. The van der Waals surface area contributed by atoms with Crippen LogP contribution in [-0.4, -0.2) is 64.1 Å². The van der Waals surface area contributed by atoms with Gasteiger partial charge in [0.05, 0.1) is 19.3 Å². The fourth-order valence-electron chi connectivity index (χ4n) is 1.72. The highest BCUT2D eigenvalue weighted by atomic mass is 16.5. The minimum absolute atomic E-state index is 0.178. The summed E-state index contributed by atoms with van der Waals surface area (Å²) in [5, 5.41) is 3.29. The van der Waals surface area contributed by atoms with E-state index in [9.17, 15) is 0 Å². The molecule has 1 aliphatic carbocycles. The van der Waals surface area contributed by atoms with Crippen molar-refractivity contribution in [2.24, 2.45) is 0 Å². The summed E-state index contributed by atoms with van der Waals surface area (Å²) < 4.78 is 10.9. The predicted octanol–water partition coefficient (Wildman–Crippen LogP) is 0.722. The number of rotatable bonds is 10. The number of hydrogen-bond donors (Lipinski definition) is 1. The zero-order valence-corrected chi connectivity index (χ0v) is 10.9. The van der Waals surface area contributed by atoms with E-state index in [-0.39, 0.29) is 6.10 Å². The number of nitrogens with one attached hydrogen (secondary N) is 1. The Morgan fingerprint density at radius 2 is 2.19 bits per heavy atom. The van der Waals surface area contributed by atoms with Crippen LogP contribution in [0.4, 0.5) is 0 Å². The van der Waals surface area contributed by atoms with Crippen molar-refractivity contribution in [2.75, 3.05) is 47.0 Å². The first-order chi connectivity index (χ1) is 7.77. The molecule has 1 saturated carbocycles. The van der Waals surface area contributed by atoms with Crippen LogP contribution in [0.5, 0.6) is 0 Å². The summed E-state index contributed by atoms with van der Waals surface area (Å²) in [4.78, 5) is 2.39. The Morgan fingerprint density at radius 1 is 1.44 bits per heavy atom. The molecule has 96 valence electrons. The normalized spacial score (nSPS) is 18.0. The van der Waals surface area contributed by atoms with Crippen molar-refractivity contribution in [2.45, 2.75) is 31.9 Å².